The fourth-order valence-corrected chi connectivity index (χ4v) is 3.19. The topological polar surface area (TPSA) is 42.6 Å². The Morgan fingerprint density at radius 1 is 1.37 bits per heavy atom. The van der Waals surface area contributed by atoms with Crippen LogP contribution in [0.3, 0.4) is 0 Å². The molecule has 0 saturated heterocycles. The van der Waals surface area contributed by atoms with E-state index in [2.05, 4.69) is 33.9 Å². The molecule has 5 heteroatoms. The van der Waals surface area contributed by atoms with Gasteiger partial charge >= 0.3 is 0 Å². The lowest BCUT2D eigenvalue weighted by Gasteiger charge is -2.41. The molecular formula is C14H25ClO3Si. The van der Waals surface area contributed by atoms with Crippen molar-refractivity contribution in [2.75, 3.05) is 0 Å². The first-order valence-electron chi connectivity index (χ1n) is 6.59. The third kappa shape index (κ3) is 4.08. The van der Waals surface area contributed by atoms with Crippen LogP contribution in [0.2, 0.25) is 18.1 Å². The van der Waals surface area contributed by atoms with Crippen LogP contribution in [0.1, 0.15) is 39.6 Å². The van der Waals surface area contributed by atoms with E-state index in [1.165, 1.54) is 0 Å². The van der Waals surface area contributed by atoms with E-state index in [1.54, 1.807) is 18.4 Å². The molecule has 0 unspecified atom stereocenters. The second kappa shape index (κ2) is 6.00. The molecule has 110 valence electrons. The average molecular weight is 305 g/mol. The minimum absolute atomic E-state index is 0.0694. The maximum absolute atomic E-state index is 10.4. The first-order chi connectivity index (χ1) is 8.56. The summed E-state index contributed by atoms with van der Waals surface area (Å²) in [6.45, 7) is 12.6. The van der Waals surface area contributed by atoms with Gasteiger partial charge in [-0.05, 0) is 37.2 Å². The van der Waals surface area contributed by atoms with E-state index in [0.717, 1.165) is 0 Å². The first kappa shape index (κ1) is 16.8. The molecule has 3 atom stereocenters. The van der Waals surface area contributed by atoms with Crippen molar-refractivity contribution < 1.29 is 13.9 Å². The molecule has 0 aliphatic carbocycles. The van der Waals surface area contributed by atoms with Crippen molar-refractivity contribution in [3.05, 3.63) is 24.2 Å². The summed E-state index contributed by atoms with van der Waals surface area (Å²) < 4.78 is 11.5. The molecule has 1 heterocycles. The van der Waals surface area contributed by atoms with Crippen molar-refractivity contribution >= 4 is 19.9 Å². The highest BCUT2D eigenvalue weighted by molar-refractivity contribution is 6.74. The number of rotatable bonds is 5. The Labute approximate surface area is 122 Å². The monoisotopic (exact) mass is 304 g/mol. The Kier molecular flexibility index (Phi) is 5.29. The molecule has 0 bridgehead atoms. The second-order valence-corrected chi connectivity index (χ2v) is 11.9. The van der Waals surface area contributed by atoms with Crippen LogP contribution in [0.4, 0.5) is 0 Å². The molecule has 1 rings (SSSR count). The van der Waals surface area contributed by atoms with Gasteiger partial charge in [-0.1, -0.05) is 20.8 Å². The Morgan fingerprint density at radius 2 is 1.95 bits per heavy atom. The van der Waals surface area contributed by atoms with Gasteiger partial charge in [-0.3, -0.25) is 0 Å². The van der Waals surface area contributed by atoms with Crippen LogP contribution in [-0.2, 0) is 4.43 Å². The molecule has 19 heavy (non-hydrogen) atoms. The Hall–Kier alpha value is -0.293. The molecule has 0 amide bonds. The van der Waals surface area contributed by atoms with Crippen molar-refractivity contribution in [3.63, 3.8) is 0 Å². The number of aliphatic hydroxyl groups is 1. The van der Waals surface area contributed by atoms with Crippen LogP contribution in [0, 0.1) is 0 Å². The van der Waals surface area contributed by atoms with Gasteiger partial charge in [-0.25, -0.2) is 0 Å². The minimum atomic E-state index is -1.99. The highest BCUT2D eigenvalue weighted by Crippen LogP contribution is 2.39. The summed E-state index contributed by atoms with van der Waals surface area (Å²) in [5.74, 6) is 0.496. The lowest BCUT2D eigenvalue weighted by atomic mass is 10.1. The van der Waals surface area contributed by atoms with Crippen LogP contribution in [0.25, 0.3) is 0 Å². The molecule has 0 aliphatic rings. The molecule has 1 N–H and O–H groups in total. The van der Waals surface area contributed by atoms with Gasteiger partial charge in [-0.2, -0.15) is 0 Å². The standard InChI is InChI=1S/C14H25ClO3Si/c1-10(15)13(12(16)11-8-7-9-17-11)18-19(5,6)14(2,3)4/h7-10,12-13,16H,1-6H3/t10-,12+,13-/m0/s1. The molecule has 3 nitrogen and oxygen atoms in total. The zero-order chi connectivity index (χ0) is 14.8. The molecule has 0 aliphatic heterocycles. The van der Waals surface area contributed by atoms with Crippen LogP contribution in [0.5, 0.6) is 0 Å². The van der Waals surface area contributed by atoms with Crippen molar-refractivity contribution in [1.82, 2.24) is 0 Å². The van der Waals surface area contributed by atoms with Gasteiger partial charge < -0.3 is 13.9 Å². The van der Waals surface area contributed by atoms with Crippen LogP contribution < -0.4 is 0 Å². The molecule has 0 spiro atoms. The van der Waals surface area contributed by atoms with E-state index >= 15 is 0 Å². The minimum Gasteiger partial charge on any atom is -0.466 e. The number of aliphatic hydroxyl groups excluding tert-OH is 1. The fourth-order valence-electron chi connectivity index (χ4n) is 1.55. The Bertz CT molecular complexity index is 382. The predicted molar refractivity (Wildman–Crippen MR) is 81.1 cm³/mol. The smallest absolute Gasteiger partial charge is 0.192 e. The number of furan rings is 1. The molecular weight excluding hydrogens is 280 g/mol. The van der Waals surface area contributed by atoms with Crippen molar-refractivity contribution in [2.24, 2.45) is 0 Å². The van der Waals surface area contributed by atoms with Crippen LogP contribution in [0.15, 0.2) is 22.8 Å². The predicted octanol–water partition coefficient (Wildman–Crippen LogP) is 4.33. The zero-order valence-corrected chi connectivity index (χ0v) is 14.4. The van der Waals surface area contributed by atoms with E-state index in [1.807, 2.05) is 6.92 Å². The number of hydrogen-bond donors (Lipinski definition) is 1. The van der Waals surface area contributed by atoms with E-state index in [0.29, 0.717) is 5.76 Å². The molecule has 0 radical (unpaired) electrons. The van der Waals surface area contributed by atoms with E-state index in [9.17, 15) is 5.11 Å². The van der Waals surface area contributed by atoms with Gasteiger partial charge in [-0.15, -0.1) is 11.6 Å². The lowest BCUT2D eigenvalue weighted by Crippen LogP contribution is -2.47. The zero-order valence-electron chi connectivity index (χ0n) is 12.6. The highest BCUT2D eigenvalue weighted by Gasteiger charge is 2.42. The molecule has 0 saturated carbocycles. The van der Waals surface area contributed by atoms with Crippen LogP contribution >= 0.6 is 11.6 Å². The lowest BCUT2D eigenvalue weighted by molar-refractivity contribution is 0.0135. The second-order valence-electron chi connectivity index (χ2n) is 6.48. The first-order valence-corrected chi connectivity index (χ1v) is 9.94. The molecule has 0 fully saturated rings. The largest absolute Gasteiger partial charge is 0.466 e. The van der Waals surface area contributed by atoms with E-state index < -0.39 is 20.5 Å². The summed E-state index contributed by atoms with van der Waals surface area (Å²) in [6.07, 6.45) is 0.242. The van der Waals surface area contributed by atoms with Crippen molar-refractivity contribution in [1.29, 1.82) is 0 Å². The molecule has 0 aromatic carbocycles. The van der Waals surface area contributed by atoms with Gasteiger partial charge in [0, 0.05) is 0 Å². The van der Waals surface area contributed by atoms with Gasteiger partial charge in [0.25, 0.3) is 0 Å². The van der Waals surface area contributed by atoms with Gasteiger partial charge in [0.05, 0.1) is 17.7 Å². The summed E-state index contributed by atoms with van der Waals surface area (Å²) in [6, 6.07) is 3.49. The maximum atomic E-state index is 10.4. The van der Waals surface area contributed by atoms with E-state index in [4.69, 9.17) is 20.4 Å². The summed E-state index contributed by atoms with van der Waals surface area (Å²) >= 11 is 6.21. The number of alkyl halides is 1. The number of halogens is 1. The van der Waals surface area contributed by atoms with E-state index in [-0.39, 0.29) is 10.4 Å². The van der Waals surface area contributed by atoms with Gasteiger partial charge in [0.15, 0.2) is 8.32 Å². The number of hydrogen-bond acceptors (Lipinski definition) is 3. The fraction of sp³-hybridized carbons (Fsp3) is 0.714. The SMILES string of the molecule is C[C@H](Cl)[C@H](O[Si](C)(C)C(C)(C)C)[C@H](O)c1ccco1. The van der Waals surface area contributed by atoms with Crippen molar-refractivity contribution in [2.45, 2.75) is 63.4 Å². The summed E-state index contributed by atoms with van der Waals surface area (Å²) in [5, 5.41) is 10.2. The molecule has 1 aromatic heterocycles. The third-order valence-corrected chi connectivity index (χ3v) is 8.56. The average Bonchev–Trinajstić information content (AvgIpc) is 2.76. The highest BCUT2D eigenvalue weighted by atomic mass is 35.5. The summed E-state index contributed by atoms with van der Waals surface area (Å²) in [4.78, 5) is 0. The third-order valence-electron chi connectivity index (χ3n) is 3.84. The maximum Gasteiger partial charge on any atom is 0.192 e. The Morgan fingerprint density at radius 3 is 2.32 bits per heavy atom. The Balaban J connectivity index is 2.91. The van der Waals surface area contributed by atoms with Crippen LogP contribution in [-0.4, -0.2) is 24.9 Å². The quantitative estimate of drug-likeness (QED) is 0.650. The summed E-state index contributed by atoms with van der Waals surface area (Å²) in [7, 11) is -1.99. The normalized spacial score (nSPS) is 18.1. The van der Waals surface area contributed by atoms with Crippen molar-refractivity contribution in [3.8, 4) is 0 Å². The molecule has 1 aromatic rings. The van der Waals surface area contributed by atoms with Gasteiger partial charge in [0.2, 0.25) is 0 Å². The van der Waals surface area contributed by atoms with Gasteiger partial charge in [0.1, 0.15) is 11.9 Å². The summed E-state index contributed by atoms with van der Waals surface area (Å²) in [5.41, 5.74) is 0.